The van der Waals surface area contributed by atoms with E-state index in [-0.39, 0.29) is 5.78 Å². The summed E-state index contributed by atoms with van der Waals surface area (Å²) in [4.78, 5) is 19.9. The molecule has 0 saturated heterocycles. The van der Waals surface area contributed by atoms with Crippen molar-refractivity contribution in [1.82, 2.24) is 9.97 Å². The second-order valence-corrected chi connectivity index (χ2v) is 5.93. The highest BCUT2D eigenvalue weighted by Gasteiger charge is 2.05. The lowest BCUT2D eigenvalue weighted by Crippen LogP contribution is -2.00. The molecule has 6 nitrogen and oxygen atoms in total. The Balaban J connectivity index is 1.77. The lowest BCUT2D eigenvalue weighted by molar-refractivity contribution is 0.101. The Kier molecular flexibility index (Phi) is 5.34. The van der Waals surface area contributed by atoms with Gasteiger partial charge < -0.3 is 15.4 Å². The van der Waals surface area contributed by atoms with Crippen LogP contribution in [-0.4, -0.2) is 22.9 Å². The first-order chi connectivity index (χ1) is 12.5. The molecule has 0 saturated carbocycles. The molecule has 3 aromatic rings. The molecule has 2 N–H and O–H groups in total. The zero-order valence-electron chi connectivity index (χ0n) is 14.3. The van der Waals surface area contributed by atoms with Crippen molar-refractivity contribution in [2.75, 3.05) is 17.7 Å². The minimum atomic E-state index is 0.00933. The molecule has 0 fully saturated rings. The van der Waals surface area contributed by atoms with Crippen LogP contribution in [0.15, 0.2) is 54.9 Å². The van der Waals surface area contributed by atoms with Gasteiger partial charge in [0.1, 0.15) is 23.7 Å². The number of methoxy groups -OCH3 is 1. The summed E-state index contributed by atoms with van der Waals surface area (Å²) in [5.41, 5.74) is 2.18. The van der Waals surface area contributed by atoms with Crippen molar-refractivity contribution in [3.8, 4) is 5.75 Å². The maximum absolute atomic E-state index is 11.5. The normalized spacial score (nSPS) is 10.3. The van der Waals surface area contributed by atoms with Crippen molar-refractivity contribution >= 4 is 40.4 Å². The average Bonchev–Trinajstić information content (AvgIpc) is 2.62. The van der Waals surface area contributed by atoms with E-state index in [0.717, 1.165) is 11.4 Å². The van der Waals surface area contributed by atoms with Crippen LogP contribution in [0.1, 0.15) is 17.3 Å². The molecule has 0 aliphatic carbocycles. The third-order valence-corrected chi connectivity index (χ3v) is 3.93. The standard InChI is InChI=1S/C19H17ClN4O2/c1-12(25)13-4-3-5-14(8-13)23-18-10-19(22-11-21-18)24-15-6-7-17(26-2)16(20)9-15/h3-11H,1-2H3,(H2,21,22,23,24). The predicted molar refractivity (Wildman–Crippen MR) is 103 cm³/mol. The van der Waals surface area contributed by atoms with Gasteiger partial charge in [0, 0.05) is 23.0 Å². The number of nitrogens with zero attached hydrogens (tertiary/aromatic N) is 2. The van der Waals surface area contributed by atoms with Crippen molar-refractivity contribution < 1.29 is 9.53 Å². The monoisotopic (exact) mass is 368 g/mol. The van der Waals surface area contributed by atoms with E-state index in [2.05, 4.69) is 20.6 Å². The Hall–Kier alpha value is -3.12. The zero-order chi connectivity index (χ0) is 18.5. The van der Waals surface area contributed by atoms with Gasteiger partial charge in [-0.25, -0.2) is 9.97 Å². The summed E-state index contributed by atoms with van der Waals surface area (Å²) < 4.78 is 5.14. The maximum Gasteiger partial charge on any atom is 0.159 e. The number of hydrogen-bond donors (Lipinski definition) is 2. The van der Waals surface area contributed by atoms with Crippen molar-refractivity contribution in [2.45, 2.75) is 6.92 Å². The van der Waals surface area contributed by atoms with E-state index in [1.807, 2.05) is 18.2 Å². The average molecular weight is 369 g/mol. The van der Waals surface area contributed by atoms with E-state index >= 15 is 0 Å². The van der Waals surface area contributed by atoms with Crippen LogP contribution in [0.5, 0.6) is 5.75 Å². The summed E-state index contributed by atoms with van der Waals surface area (Å²) >= 11 is 6.14. The molecule has 0 unspecified atom stereocenters. The largest absolute Gasteiger partial charge is 0.495 e. The van der Waals surface area contributed by atoms with Crippen molar-refractivity contribution in [1.29, 1.82) is 0 Å². The number of halogens is 1. The van der Waals surface area contributed by atoms with Gasteiger partial charge in [-0.05, 0) is 37.3 Å². The molecule has 2 aromatic carbocycles. The van der Waals surface area contributed by atoms with E-state index < -0.39 is 0 Å². The Labute approximate surface area is 156 Å². The molecule has 7 heteroatoms. The number of carbonyl (C=O) groups is 1. The first-order valence-electron chi connectivity index (χ1n) is 7.86. The summed E-state index contributed by atoms with van der Waals surface area (Å²) in [5, 5.41) is 6.84. The van der Waals surface area contributed by atoms with Gasteiger partial charge in [0.2, 0.25) is 0 Å². The molecule has 0 spiro atoms. The van der Waals surface area contributed by atoms with Gasteiger partial charge in [-0.3, -0.25) is 4.79 Å². The highest BCUT2D eigenvalue weighted by Crippen LogP contribution is 2.28. The van der Waals surface area contributed by atoms with Crippen molar-refractivity contribution in [2.24, 2.45) is 0 Å². The molecular formula is C19H17ClN4O2. The molecule has 0 atom stereocenters. The van der Waals surface area contributed by atoms with Gasteiger partial charge in [-0.1, -0.05) is 23.7 Å². The fraction of sp³-hybridized carbons (Fsp3) is 0.105. The fourth-order valence-electron chi connectivity index (χ4n) is 2.35. The van der Waals surface area contributed by atoms with Gasteiger partial charge in [0.15, 0.2) is 5.78 Å². The molecular weight excluding hydrogens is 352 g/mol. The lowest BCUT2D eigenvalue weighted by Gasteiger charge is -2.10. The molecule has 0 bridgehead atoms. The zero-order valence-corrected chi connectivity index (χ0v) is 15.0. The number of carbonyl (C=O) groups excluding carboxylic acids is 1. The second kappa shape index (κ2) is 7.84. The van der Waals surface area contributed by atoms with Gasteiger partial charge in [0.25, 0.3) is 0 Å². The Morgan fingerprint density at radius 3 is 2.31 bits per heavy atom. The van der Waals surface area contributed by atoms with E-state index in [0.29, 0.717) is 28.0 Å². The van der Waals surface area contributed by atoms with Crippen LogP contribution in [-0.2, 0) is 0 Å². The van der Waals surface area contributed by atoms with E-state index in [1.165, 1.54) is 13.3 Å². The molecule has 0 aliphatic heterocycles. The molecule has 132 valence electrons. The number of nitrogens with one attached hydrogen (secondary N) is 2. The smallest absolute Gasteiger partial charge is 0.159 e. The second-order valence-electron chi connectivity index (χ2n) is 5.52. The van der Waals surface area contributed by atoms with Gasteiger partial charge >= 0.3 is 0 Å². The van der Waals surface area contributed by atoms with Crippen LogP contribution in [0.2, 0.25) is 5.02 Å². The number of anilines is 4. The Morgan fingerprint density at radius 1 is 1.00 bits per heavy atom. The van der Waals surface area contributed by atoms with Crippen molar-refractivity contribution in [3.63, 3.8) is 0 Å². The molecule has 0 aliphatic rings. The molecule has 26 heavy (non-hydrogen) atoms. The van der Waals surface area contributed by atoms with Crippen LogP contribution in [0.3, 0.4) is 0 Å². The summed E-state index contributed by atoms with van der Waals surface area (Å²) in [6.07, 6.45) is 1.45. The summed E-state index contributed by atoms with van der Waals surface area (Å²) in [6, 6.07) is 14.4. The summed E-state index contributed by atoms with van der Waals surface area (Å²) in [6.45, 7) is 1.53. The number of hydrogen-bond acceptors (Lipinski definition) is 6. The minimum absolute atomic E-state index is 0.00933. The number of benzene rings is 2. The van der Waals surface area contributed by atoms with Crippen LogP contribution in [0.25, 0.3) is 0 Å². The third-order valence-electron chi connectivity index (χ3n) is 3.63. The van der Waals surface area contributed by atoms with E-state index in [1.54, 1.807) is 37.4 Å². The van der Waals surface area contributed by atoms with E-state index in [9.17, 15) is 4.79 Å². The highest BCUT2D eigenvalue weighted by atomic mass is 35.5. The summed E-state index contributed by atoms with van der Waals surface area (Å²) in [7, 11) is 1.57. The summed E-state index contributed by atoms with van der Waals surface area (Å²) in [5.74, 6) is 1.82. The number of rotatable bonds is 6. The third kappa shape index (κ3) is 4.29. The molecule has 0 amide bonds. The SMILES string of the molecule is COc1ccc(Nc2cc(Nc3cccc(C(C)=O)c3)ncn2)cc1Cl. The van der Waals surface area contributed by atoms with Crippen LogP contribution >= 0.6 is 11.6 Å². The Bertz CT molecular complexity index is 946. The number of ether oxygens (including phenoxy) is 1. The maximum atomic E-state index is 11.5. The van der Waals surface area contributed by atoms with Crippen molar-refractivity contribution in [3.05, 3.63) is 65.4 Å². The Morgan fingerprint density at radius 2 is 1.69 bits per heavy atom. The molecule has 3 rings (SSSR count). The quantitative estimate of drug-likeness (QED) is 0.607. The van der Waals surface area contributed by atoms with Crippen LogP contribution in [0, 0.1) is 0 Å². The first kappa shape index (κ1) is 17.7. The number of Topliss-reactive ketones (excluding diaryl/α,β-unsaturated/α-hetero) is 1. The highest BCUT2D eigenvalue weighted by molar-refractivity contribution is 6.32. The molecule has 1 heterocycles. The van der Waals surface area contributed by atoms with Gasteiger partial charge in [0.05, 0.1) is 12.1 Å². The van der Waals surface area contributed by atoms with Crippen LogP contribution in [0.4, 0.5) is 23.0 Å². The van der Waals surface area contributed by atoms with E-state index in [4.69, 9.17) is 16.3 Å². The fourth-order valence-corrected chi connectivity index (χ4v) is 2.61. The van der Waals surface area contributed by atoms with Crippen LogP contribution < -0.4 is 15.4 Å². The predicted octanol–water partition coefficient (Wildman–Crippen LogP) is 4.83. The minimum Gasteiger partial charge on any atom is -0.495 e. The topological polar surface area (TPSA) is 76.1 Å². The lowest BCUT2D eigenvalue weighted by atomic mass is 10.1. The van der Waals surface area contributed by atoms with Gasteiger partial charge in [-0.2, -0.15) is 0 Å². The van der Waals surface area contributed by atoms with Gasteiger partial charge in [-0.15, -0.1) is 0 Å². The number of ketones is 1. The molecule has 1 aromatic heterocycles. The first-order valence-corrected chi connectivity index (χ1v) is 8.23. The number of aromatic nitrogens is 2. The molecule has 0 radical (unpaired) electrons.